The molecule has 0 aliphatic heterocycles. The van der Waals surface area contributed by atoms with Gasteiger partial charge in [-0.2, -0.15) is 0 Å². The Morgan fingerprint density at radius 1 is 1.20 bits per heavy atom. The maximum atomic E-state index is 5.08. The molecule has 0 aromatic rings. The van der Waals surface area contributed by atoms with E-state index in [1.54, 1.807) is 0 Å². The number of thiocarbonyl (C=S) groups is 1. The van der Waals surface area contributed by atoms with E-state index in [4.69, 9.17) is 12.2 Å². The third-order valence-electron chi connectivity index (χ3n) is 3.80. The van der Waals surface area contributed by atoms with Gasteiger partial charge in [-0.1, -0.05) is 66.1 Å². The predicted octanol–water partition coefficient (Wildman–Crippen LogP) is 5.25. The number of hydrogen-bond acceptors (Lipinski definition) is 1. The summed E-state index contributed by atoms with van der Waals surface area (Å²) in [6.07, 6.45) is 6.67. The average molecular weight is 228 g/mol. The van der Waals surface area contributed by atoms with Crippen LogP contribution in [0.3, 0.4) is 0 Å². The quantitative estimate of drug-likeness (QED) is 0.594. The highest BCUT2D eigenvalue weighted by Gasteiger charge is 2.17. The minimum Gasteiger partial charge on any atom is -0.0894 e. The van der Waals surface area contributed by atoms with Crippen LogP contribution in [0, 0.1) is 17.8 Å². The Morgan fingerprint density at radius 3 is 1.80 bits per heavy atom. The summed E-state index contributed by atoms with van der Waals surface area (Å²) >= 11 is 5.08. The summed E-state index contributed by atoms with van der Waals surface area (Å²) in [5.41, 5.74) is 0. The van der Waals surface area contributed by atoms with Crippen molar-refractivity contribution < 1.29 is 0 Å². The summed E-state index contributed by atoms with van der Waals surface area (Å²) in [7, 11) is 0. The summed E-state index contributed by atoms with van der Waals surface area (Å²) in [5.74, 6) is 2.68. The first-order valence-corrected chi connectivity index (χ1v) is 6.96. The molecule has 1 saturated carbocycles. The minimum absolute atomic E-state index is 0.648. The molecule has 0 saturated heterocycles. The van der Waals surface area contributed by atoms with Crippen molar-refractivity contribution in [3.63, 3.8) is 0 Å². The van der Waals surface area contributed by atoms with Crippen LogP contribution in [-0.2, 0) is 0 Å². The van der Waals surface area contributed by atoms with E-state index in [0.29, 0.717) is 5.92 Å². The molecular formula is C14H28S. The lowest BCUT2D eigenvalue weighted by molar-refractivity contribution is 0.457. The van der Waals surface area contributed by atoms with Gasteiger partial charge in [0, 0.05) is 0 Å². The molecule has 1 aliphatic rings. The fourth-order valence-electron chi connectivity index (χ4n) is 1.91. The Kier molecular flexibility index (Phi) is 8.32. The topological polar surface area (TPSA) is 0 Å². The van der Waals surface area contributed by atoms with Gasteiger partial charge in [0.1, 0.15) is 0 Å². The SMILES string of the molecule is CC1CCCC1C.CCC(=S)C(C)CC. The van der Waals surface area contributed by atoms with Gasteiger partial charge in [-0.25, -0.2) is 0 Å². The van der Waals surface area contributed by atoms with Gasteiger partial charge in [-0.3, -0.25) is 0 Å². The van der Waals surface area contributed by atoms with Gasteiger partial charge < -0.3 is 0 Å². The summed E-state index contributed by atoms with van der Waals surface area (Å²) in [6, 6.07) is 0. The molecular weight excluding hydrogens is 200 g/mol. The van der Waals surface area contributed by atoms with Gasteiger partial charge >= 0.3 is 0 Å². The van der Waals surface area contributed by atoms with Crippen LogP contribution in [0.5, 0.6) is 0 Å². The van der Waals surface area contributed by atoms with E-state index in [2.05, 4.69) is 34.6 Å². The van der Waals surface area contributed by atoms with E-state index >= 15 is 0 Å². The first-order valence-electron chi connectivity index (χ1n) is 6.55. The lowest BCUT2D eigenvalue weighted by Crippen LogP contribution is -2.04. The minimum atomic E-state index is 0.648. The number of rotatable bonds is 3. The molecule has 1 heteroatoms. The first-order chi connectivity index (χ1) is 7.02. The summed E-state index contributed by atoms with van der Waals surface area (Å²) in [5, 5.41) is 0. The zero-order chi connectivity index (χ0) is 11.8. The molecule has 1 fully saturated rings. The van der Waals surface area contributed by atoms with Crippen molar-refractivity contribution in [2.75, 3.05) is 0 Å². The van der Waals surface area contributed by atoms with Crippen LogP contribution in [0.15, 0.2) is 0 Å². The van der Waals surface area contributed by atoms with Crippen LogP contribution >= 0.6 is 12.2 Å². The number of hydrogen-bond donors (Lipinski definition) is 0. The highest BCUT2D eigenvalue weighted by Crippen LogP contribution is 2.29. The second-order valence-corrected chi connectivity index (χ2v) is 5.54. The summed E-state index contributed by atoms with van der Waals surface area (Å²) in [4.78, 5) is 1.22. The molecule has 90 valence electrons. The average Bonchev–Trinajstić information content (AvgIpc) is 2.62. The van der Waals surface area contributed by atoms with Crippen LogP contribution < -0.4 is 0 Å². The van der Waals surface area contributed by atoms with E-state index in [0.717, 1.165) is 18.3 Å². The molecule has 3 atom stereocenters. The Morgan fingerprint density at radius 2 is 1.67 bits per heavy atom. The lowest BCUT2D eigenvalue weighted by atomic mass is 10.0. The normalized spacial score (nSPS) is 26.7. The maximum Gasteiger partial charge on any atom is -0.00462 e. The molecule has 0 aromatic carbocycles. The van der Waals surface area contributed by atoms with Crippen molar-refractivity contribution in [1.82, 2.24) is 0 Å². The maximum absolute atomic E-state index is 5.08. The van der Waals surface area contributed by atoms with E-state index in [9.17, 15) is 0 Å². The Labute approximate surface area is 102 Å². The van der Waals surface area contributed by atoms with Gasteiger partial charge in [-0.05, 0) is 35.5 Å². The van der Waals surface area contributed by atoms with Crippen molar-refractivity contribution in [2.45, 2.75) is 66.7 Å². The van der Waals surface area contributed by atoms with E-state index < -0.39 is 0 Å². The van der Waals surface area contributed by atoms with Gasteiger partial charge in [0.2, 0.25) is 0 Å². The van der Waals surface area contributed by atoms with Crippen molar-refractivity contribution in [2.24, 2.45) is 17.8 Å². The molecule has 0 heterocycles. The molecule has 3 unspecified atom stereocenters. The van der Waals surface area contributed by atoms with Crippen LogP contribution in [0.25, 0.3) is 0 Å². The molecule has 0 amide bonds. The van der Waals surface area contributed by atoms with Crippen molar-refractivity contribution >= 4 is 17.1 Å². The predicted molar refractivity (Wildman–Crippen MR) is 74.5 cm³/mol. The summed E-state index contributed by atoms with van der Waals surface area (Å²) < 4.78 is 0. The molecule has 0 nitrogen and oxygen atoms in total. The molecule has 0 spiro atoms. The largest absolute Gasteiger partial charge is 0.0894 e. The molecule has 1 aliphatic carbocycles. The van der Waals surface area contributed by atoms with Gasteiger partial charge in [-0.15, -0.1) is 0 Å². The molecule has 15 heavy (non-hydrogen) atoms. The standard InChI is InChI=1S/C7H14S.C7H14/c1-4-6(3)7(8)5-2;1-6-4-3-5-7(6)2/h6H,4-5H2,1-3H3;6-7H,3-5H2,1-2H3. The zero-order valence-corrected chi connectivity index (χ0v) is 12.0. The Hall–Kier alpha value is 0.0900. The third kappa shape index (κ3) is 6.29. The Balaban J connectivity index is 0.000000262. The second kappa shape index (κ2) is 8.27. The van der Waals surface area contributed by atoms with Crippen LogP contribution in [0.1, 0.15) is 66.7 Å². The molecule has 0 bridgehead atoms. The highest BCUT2D eigenvalue weighted by molar-refractivity contribution is 7.80. The van der Waals surface area contributed by atoms with Crippen LogP contribution in [-0.4, -0.2) is 4.86 Å². The lowest BCUT2D eigenvalue weighted by Gasteiger charge is -2.05. The van der Waals surface area contributed by atoms with Gasteiger partial charge in [0.05, 0.1) is 0 Å². The van der Waals surface area contributed by atoms with Crippen LogP contribution in [0.2, 0.25) is 0 Å². The monoisotopic (exact) mass is 228 g/mol. The summed E-state index contributed by atoms with van der Waals surface area (Å²) in [6.45, 7) is 11.2. The fourth-order valence-corrected chi connectivity index (χ4v) is 2.07. The van der Waals surface area contributed by atoms with Crippen molar-refractivity contribution in [1.29, 1.82) is 0 Å². The van der Waals surface area contributed by atoms with E-state index in [1.807, 2.05) is 0 Å². The fraction of sp³-hybridized carbons (Fsp3) is 0.929. The van der Waals surface area contributed by atoms with Crippen molar-refractivity contribution in [3.8, 4) is 0 Å². The van der Waals surface area contributed by atoms with E-state index in [-0.39, 0.29) is 0 Å². The molecule has 0 N–H and O–H groups in total. The highest BCUT2D eigenvalue weighted by atomic mass is 32.1. The van der Waals surface area contributed by atoms with Gasteiger partial charge in [0.25, 0.3) is 0 Å². The second-order valence-electron chi connectivity index (χ2n) is 5.01. The van der Waals surface area contributed by atoms with Gasteiger partial charge in [0.15, 0.2) is 0 Å². The zero-order valence-electron chi connectivity index (χ0n) is 11.2. The third-order valence-corrected chi connectivity index (χ3v) is 4.49. The smallest absolute Gasteiger partial charge is 0.00462 e. The van der Waals surface area contributed by atoms with Crippen molar-refractivity contribution in [3.05, 3.63) is 0 Å². The molecule has 0 radical (unpaired) electrons. The molecule has 0 aromatic heterocycles. The first kappa shape index (κ1) is 15.1. The molecule has 1 rings (SSSR count). The van der Waals surface area contributed by atoms with E-state index in [1.165, 1.54) is 30.5 Å². The van der Waals surface area contributed by atoms with Crippen LogP contribution in [0.4, 0.5) is 0 Å². The Bertz CT molecular complexity index is 166.